The van der Waals surface area contributed by atoms with Crippen molar-refractivity contribution < 1.29 is 9.53 Å². The van der Waals surface area contributed by atoms with E-state index < -0.39 is 0 Å². The van der Waals surface area contributed by atoms with E-state index in [4.69, 9.17) is 11.6 Å². The Morgan fingerprint density at radius 3 is 1.77 bits per heavy atom. The Bertz CT molecular complexity index is 244. The highest BCUT2D eigenvalue weighted by atomic mass is 35.5. The van der Waals surface area contributed by atoms with Gasteiger partial charge in [0.2, 0.25) is 0 Å². The highest BCUT2D eigenvalue weighted by Gasteiger charge is 2.06. The van der Waals surface area contributed by atoms with Crippen molar-refractivity contribution in [1.29, 1.82) is 0 Å². The van der Waals surface area contributed by atoms with E-state index in [-0.39, 0.29) is 11.3 Å². The Kier molecular flexibility index (Phi) is 16.9. The summed E-state index contributed by atoms with van der Waals surface area (Å²) >= 11 is 6.28. The van der Waals surface area contributed by atoms with Crippen LogP contribution < -0.4 is 0 Å². The van der Waals surface area contributed by atoms with Crippen molar-refractivity contribution >= 4 is 17.6 Å². The standard InChI is InChI=1S/C19H37ClO2/c1-3-4-5-6-7-8-9-10-11-12-13-15-18(20)16-14-17-19(21)22-2/h18H,3-17H2,1-2H3. The van der Waals surface area contributed by atoms with Gasteiger partial charge in [0.1, 0.15) is 0 Å². The molecule has 0 fully saturated rings. The fourth-order valence-corrected chi connectivity index (χ4v) is 3.05. The third-order valence-corrected chi connectivity index (χ3v) is 4.68. The maximum atomic E-state index is 11.0. The molecule has 2 nitrogen and oxygen atoms in total. The molecular weight excluding hydrogens is 296 g/mol. The maximum absolute atomic E-state index is 11.0. The van der Waals surface area contributed by atoms with Crippen LogP contribution in [-0.2, 0) is 9.53 Å². The molecule has 0 aliphatic carbocycles. The highest BCUT2D eigenvalue weighted by Crippen LogP contribution is 2.17. The van der Waals surface area contributed by atoms with Crippen LogP contribution in [0.4, 0.5) is 0 Å². The molecule has 0 radical (unpaired) electrons. The largest absolute Gasteiger partial charge is 0.469 e. The van der Waals surface area contributed by atoms with Crippen molar-refractivity contribution in [3.8, 4) is 0 Å². The summed E-state index contributed by atoms with van der Waals surface area (Å²) in [5.74, 6) is -0.126. The van der Waals surface area contributed by atoms with E-state index in [0.717, 1.165) is 19.3 Å². The van der Waals surface area contributed by atoms with E-state index in [1.807, 2.05) is 0 Å². The van der Waals surface area contributed by atoms with E-state index in [1.54, 1.807) is 0 Å². The summed E-state index contributed by atoms with van der Waals surface area (Å²) in [6.07, 6.45) is 18.4. The molecule has 0 heterocycles. The van der Waals surface area contributed by atoms with Gasteiger partial charge in [-0.2, -0.15) is 0 Å². The van der Waals surface area contributed by atoms with E-state index in [0.29, 0.717) is 6.42 Å². The second kappa shape index (κ2) is 17.1. The lowest BCUT2D eigenvalue weighted by Gasteiger charge is -2.08. The van der Waals surface area contributed by atoms with Gasteiger partial charge in [-0.25, -0.2) is 0 Å². The summed E-state index contributed by atoms with van der Waals surface area (Å²) in [4.78, 5) is 11.0. The first-order valence-corrected chi connectivity index (χ1v) is 9.85. The van der Waals surface area contributed by atoms with Crippen LogP contribution >= 0.6 is 11.6 Å². The molecule has 0 saturated heterocycles. The number of halogens is 1. The maximum Gasteiger partial charge on any atom is 0.305 e. The molecular formula is C19H37ClO2. The van der Waals surface area contributed by atoms with Crippen LogP contribution in [0.25, 0.3) is 0 Å². The average molecular weight is 333 g/mol. The van der Waals surface area contributed by atoms with Crippen LogP contribution in [0.1, 0.15) is 103 Å². The molecule has 1 unspecified atom stereocenters. The molecule has 0 bridgehead atoms. The topological polar surface area (TPSA) is 26.3 Å². The summed E-state index contributed by atoms with van der Waals surface area (Å²) in [6.45, 7) is 2.27. The molecule has 0 N–H and O–H groups in total. The summed E-state index contributed by atoms with van der Waals surface area (Å²) in [7, 11) is 1.44. The van der Waals surface area contributed by atoms with E-state index in [1.165, 1.54) is 77.7 Å². The minimum atomic E-state index is -0.126. The molecule has 132 valence electrons. The summed E-state index contributed by atoms with van der Waals surface area (Å²) in [6, 6.07) is 0. The zero-order chi connectivity index (χ0) is 16.5. The van der Waals surface area contributed by atoms with Gasteiger partial charge in [-0.15, -0.1) is 11.6 Å². The third-order valence-electron chi connectivity index (χ3n) is 4.25. The normalized spacial score (nSPS) is 12.3. The van der Waals surface area contributed by atoms with Gasteiger partial charge < -0.3 is 4.74 Å². The summed E-state index contributed by atoms with van der Waals surface area (Å²) in [5.41, 5.74) is 0. The monoisotopic (exact) mass is 332 g/mol. The molecule has 0 saturated carbocycles. The number of hydrogen-bond acceptors (Lipinski definition) is 2. The quantitative estimate of drug-likeness (QED) is 0.180. The predicted octanol–water partition coefficient (Wildman–Crippen LogP) is 6.64. The average Bonchev–Trinajstić information content (AvgIpc) is 2.52. The lowest BCUT2D eigenvalue weighted by atomic mass is 10.0. The second-order valence-corrected chi connectivity index (χ2v) is 7.01. The molecule has 0 aliphatic heterocycles. The number of unbranched alkanes of at least 4 members (excludes halogenated alkanes) is 10. The first-order chi connectivity index (χ1) is 10.7. The number of esters is 1. The predicted molar refractivity (Wildman–Crippen MR) is 96.6 cm³/mol. The van der Waals surface area contributed by atoms with Crippen LogP contribution in [0.2, 0.25) is 0 Å². The number of rotatable bonds is 16. The molecule has 0 spiro atoms. The van der Waals surface area contributed by atoms with Gasteiger partial charge >= 0.3 is 5.97 Å². The Balaban J connectivity index is 3.16. The minimum Gasteiger partial charge on any atom is -0.469 e. The van der Waals surface area contributed by atoms with Gasteiger partial charge in [0.25, 0.3) is 0 Å². The van der Waals surface area contributed by atoms with Crippen LogP contribution in [0.5, 0.6) is 0 Å². The first kappa shape index (κ1) is 21.8. The summed E-state index contributed by atoms with van der Waals surface area (Å²) in [5, 5.41) is 0.225. The van der Waals surface area contributed by atoms with Crippen molar-refractivity contribution in [1.82, 2.24) is 0 Å². The Hall–Kier alpha value is -0.240. The molecule has 1 atom stereocenters. The van der Waals surface area contributed by atoms with Gasteiger partial charge in [0, 0.05) is 11.8 Å². The van der Waals surface area contributed by atoms with Crippen molar-refractivity contribution in [3.63, 3.8) is 0 Å². The SMILES string of the molecule is CCCCCCCCCCCCCC(Cl)CCCC(=O)OC. The van der Waals surface area contributed by atoms with Gasteiger partial charge in [-0.3, -0.25) is 4.79 Å². The molecule has 0 rings (SSSR count). The first-order valence-electron chi connectivity index (χ1n) is 9.41. The number of carbonyl (C=O) groups is 1. The van der Waals surface area contributed by atoms with E-state index >= 15 is 0 Å². The Labute approximate surface area is 143 Å². The van der Waals surface area contributed by atoms with Gasteiger partial charge in [-0.1, -0.05) is 77.6 Å². The summed E-state index contributed by atoms with van der Waals surface area (Å²) < 4.78 is 4.62. The van der Waals surface area contributed by atoms with Crippen LogP contribution in [-0.4, -0.2) is 18.5 Å². The van der Waals surface area contributed by atoms with Gasteiger partial charge in [-0.05, 0) is 19.3 Å². The number of hydrogen-bond donors (Lipinski definition) is 0. The molecule has 3 heteroatoms. The number of methoxy groups -OCH3 is 1. The molecule has 0 aliphatic rings. The zero-order valence-corrected chi connectivity index (χ0v) is 15.6. The van der Waals surface area contributed by atoms with Crippen molar-refractivity contribution in [2.24, 2.45) is 0 Å². The number of alkyl halides is 1. The van der Waals surface area contributed by atoms with Crippen LogP contribution in [0.15, 0.2) is 0 Å². The fourth-order valence-electron chi connectivity index (χ4n) is 2.74. The van der Waals surface area contributed by atoms with Crippen LogP contribution in [0, 0.1) is 0 Å². The van der Waals surface area contributed by atoms with Crippen molar-refractivity contribution in [2.75, 3.05) is 7.11 Å². The molecule has 0 aromatic rings. The smallest absolute Gasteiger partial charge is 0.305 e. The molecule has 0 aromatic heterocycles. The molecule has 0 amide bonds. The molecule has 0 aromatic carbocycles. The van der Waals surface area contributed by atoms with Crippen molar-refractivity contribution in [3.05, 3.63) is 0 Å². The van der Waals surface area contributed by atoms with E-state index in [9.17, 15) is 4.79 Å². The van der Waals surface area contributed by atoms with E-state index in [2.05, 4.69) is 11.7 Å². The van der Waals surface area contributed by atoms with Gasteiger partial charge in [0.15, 0.2) is 0 Å². The third kappa shape index (κ3) is 16.1. The highest BCUT2D eigenvalue weighted by molar-refractivity contribution is 6.20. The van der Waals surface area contributed by atoms with Crippen molar-refractivity contribution in [2.45, 2.75) is 109 Å². The Morgan fingerprint density at radius 2 is 1.27 bits per heavy atom. The lowest BCUT2D eigenvalue weighted by molar-refractivity contribution is -0.140. The number of ether oxygens (including phenoxy) is 1. The lowest BCUT2D eigenvalue weighted by Crippen LogP contribution is -2.03. The van der Waals surface area contributed by atoms with Gasteiger partial charge in [0.05, 0.1) is 7.11 Å². The Morgan fingerprint density at radius 1 is 0.818 bits per heavy atom. The molecule has 22 heavy (non-hydrogen) atoms. The number of carbonyl (C=O) groups excluding carboxylic acids is 1. The zero-order valence-electron chi connectivity index (χ0n) is 14.9. The second-order valence-electron chi connectivity index (χ2n) is 6.39. The minimum absolute atomic E-state index is 0.126. The fraction of sp³-hybridized carbons (Fsp3) is 0.947. The van der Waals surface area contributed by atoms with Crippen LogP contribution in [0.3, 0.4) is 0 Å².